The molecule has 0 radical (unpaired) electrons. The maximum absolute atomic E-state index is 15.0. The summed E-state index contributed by atoms with van der Waals surface area (Å²) in [7, 11) is 5.58. The number of aromatic amines is 2. The molecule has 8 heterocycles. The van der Waals surface area contributed by atoms with Crippen LogP contribution >= 0.6 is 0 Å². The first-order chi connectivity index (χ1) is 39.3. The normalized spacial score (nSPS) is 21.6. The summed E-state index contributed by atoms with van der Waals surface area (Å²) in [5, 5.41) is 3.25. The molecule has 0 unspecified atom stereocenters. The van der Waals surface area contributed by atoms with Gasteiger partial charge in [0.1, 0.15) is 12.2 Å². The summed E-state index contributed by atoms with van der Waals surface area (Å²) in [5.41, 5.74) is 5.62. The van der Waals surface area contributed by atoms with Crippen molar-refractivity contribution in [3.63, 3.8) is 0 Å². The number of carbonyl (C=O) groups is 2. The second kappa shape index (κ2) is 23.5. The zero-order valence-corrected chi connectivity index (χ0v) is 45.0. The van der Waals surface area contributed by atoms with Crippen molar-refractivity contribution in [3.8, 4) is 0 Å². The van der Waals surface area contributed by atoms with Gasteiger partial charge in [-0.1, -0.05) is 36.4 Å². The molecule has 2 aliphatic heterocycles. The van der Waals surface area contributed by atoms with Crippen molar-refractivity contribution in [3.05, 3.63) is 188 Å². The molecule has 2 fully saturated rings. The zero-order valence-electron chi connectivity index (χ0n) is 45.0. The van der Waals surface area contributed by atoms with E-state index in [-0.39, 0.29) is 52.9 Å². The number of hydrogen-bond donors (Lipinski definition) is 3. The minimum atomic E-state index is -0.888. The van der Waals surface area contributed by atoms with Crippen LogP contribution in [0.25, 0.3) is 22.3 Å². The first-order valence-electron chi connectivity index (χ1n) is 27.4. The summed E-state index contributed by atoms with van der Waals surface area (Å²) in [6, 6.07) is 22.5. The van der Waals surface area contributed by atoms with Crippen molar-refractivity contribution >= 4 is 34.5 Å². The van der Waals surface area contributed by atoms with Gasteiger partial charge in [-0.2, -0.15) is 0 Å². The number of benzene rings is 2. The Morgan fingerprint density at radius 1 is 0.543 bits per heavy atom. The fourth-order valence-corrected chi connectivity index (χ4v) is 12.8. The molecule has 0 saturated carbocycles. The van der Waals surface area contributed by atoms with Crippen LogP contribution in [0.4, 0.5) is 27.2 Å². The molecule has 0 spiro atoms. The van der Waals surface area contributed by atoms with Gasteiger partial charge in [0, 0.05) is 87.0 Å². The number of nitrogens with one attached hydrogen (secondary N) is 3. The topological polar surface area (TPSA) is 201 Å². The molecule has 3 N–H and O–H groups in total. The standard InChI is InChI=1S/C30H32F2N6O3.C29H30F2N6O3/c1-36(2)27-20(19-6-3-8-22(31)25(19)32)10-11-24(26-21(27)7-4-14-33-26)41-30(40)37-16-12-18(13-17-37)38-23-9-5-15-34-28(23)35-29(38)39;1-32-25-19(18-5-2-7-21(30)24(18)31)9-10-23(26-20(25)6-3-13-33-26)40-29(39)36-15-11-17(12-16-36)37-22-8-4-14-34-27(22)35-28(37)38/h3-9,14-15,18,20,24,27H,10-13,16-17H2,1-2H3,(H,34,35,39);2-8,13-14,17,19,23,25,32H,9-12,15-16H2,1H3,(H,34,35,38)/t20-,24+,27-;19-,23+,25-/m00/s1. The smallest absolute Gasteiger partial charge is 0.410 e. The Labute approximate surface area is 463 Å². The number of nitrogens with zero attached hydrogens (tertiary/aromatic N) is 9. The first kappa shape index (κ1) is 54.7. The monoisotopic (exact) mass is 1110 g/mol. The minimum absolute atomic E-state index is 0.0620. The van der Waals surface area contributed by atoms with Crippen LogP contribution in [0.15, 0.2) is 119 Å². The van der Waals surface area contributed by atoms with Gasteiger partial charge in [-0.25, -0.2) is 46.7 Å². The van der Waals surface area contributed by atoms with Crippen LogP contribution in [0.2, 0.25) is 0 Å². The number of pyridine rings is 4. The van der Waals surface area contributed by atoms with Crippen molar-refractivity contribution in [2.24, 2.45) is 0 Å². The van der Waals surface area contributed by atoms with Crippen LogP contribution in [0, 0.1) is 23.3 Å². The van der Waals surface area contributed by atoms with Gasteiger partial charge in [-0.15, -0.1) is 0 Å². The van der Waals surface area contributed by atoms with E-state index in [4.69, 9.17) is 9.47 Å². The summed E-state index contributed by atoms with van der Waals surface area (Å²) in [4.78, 5) is 80.4. The molecule has 4 aliphatic rings. The van der Waals surface area contributed by atoms with E-state index in [1.54, 1.807) is 81.1 Å². The van der Waals surface area contributed by atoms with Crippen molar-refractivity contribution in [2.45, 2.75) is 99.6 Å². The molecule has 8 aromatic rings. The summed E-state index contributed by atoms with van der Waals surface area (Å²) >= 11 is 0. The van der Waals surface area contributed by atoms with E-state index < -0.39 is 47.7 Å². The largest absolute Gasteiger partial charge is 0.440 e. The molecule has 22 heteroatoms. The van der Waals surface area contributed by atoms with Crippen LogP contribution in [0.1, 0.15) is 133 Å². The summed E-state index contributed by atoms with van der Waals surface area (Å²) in [5.74, 6) is -4.23. The number of aromatic nitrogens is 8. The van der Waals surface area contributed by atoms with E-state index in [0.717, 1.165) is 34.3 Å². The highest BCUT2D eigenvalue weighted by Crippen LogP contribution is 2.48. The van der Waals surface area contributed by atoms with E-state index in [1.165, 1.54) is 12.1 Å². The van der Waals surface area contributed by atoms with Crippen molar-refractivity contribution in [1.82, 2.24) is 59.1 Å². The number of hydrogen-bond acceptors (Lipinski definition) is 12. The fraction of sp³-hybridized carbons (Fsp3) is 0.390. The van der Waals surface area contributed by atoms with Crippen molar-refractivity contribution < 1.29 is 36.6 Å². The highest BCUT2D eigenvalue weighted by molar-refractivity contribution is 5.72. The van der Waals surface area contributed by atoms with Gasteiger partial charge >= 0.3 is 23.6 Å². The Morgan fingerprint density at radius 2 is 0.963 bits per heavy atom. The number of likely N-dealkylation sites (N-methyl/N-ethyl adjacent to an activating group) is 2. The summed E-state index contributed by atoms with van der Waals surface area (Å²) in [6.45, 7) is 1.73. The Hall–Kier alpha value is -8.24. The zero-order chi connectivity index (χ0) is 56.5. The van der Waals surface area contributed by atoms with Gasteiger partial charge in [0.05, 0.1) is 22.4 Å². The third-order valence-electron chi connectivity index (χ3n) is 16.5. The number of piperidine rings is 2. The van der Waals surface area contributed by atoms with E-state index in [9.17, 15) is 36.7 Å². The molecule has 81 heavy (non-hydrogen) atoms. The molecule has 2 aromatic carbocycles. The van der Waals surface area contributed by atoms with E-state index >= 15 is 0 Å². The molecule has 12 rings (SSSR count). The Balaban J connectivity index is 0.000000170. The average Bonchev–Trinajstić information content (AvgIpc) is 3.99. The molecular weight excluding hydrogens is 1050 g/mol. The Bertz CT molecular complexity index is 3700. The lowest BCUT2D eigenvalue weighted by atomic mass is 9.84. The highest BCUT2D eigenvalue weighted by atomic mass is 19.2. The second-order valence-corrected chi connectivity index (χ2v) is 21.3. The molecule has 2 amide bonds. The minimum Gasteiger partial charge on any atom is -0.440 e. The quantitative estimate of drug-likeness (QED) is 0.0962. The second-order valence-electron chi connectivity index (χ2n) is 21.3. The summed E-state index contributed by atoms with van der Waals surface area (Å²) in [6.07, 6.45) is 8.54. The van der Waals surface area contributed by atoms with Crippen LogP contribution in [-0.2, 0) is 9.47 Å². The number of amides is 2. The number of halogens is 4. The Morgan fingerprint density at radius 3 is 1.44 bits per heavy atom. The third-order valence-corrected chi connectivity index (χ3v) is 16.5. The number of carbonyl (C=O) groups excluding carboxylic acids is 2. The molecule has 2 aliphatic carbocycles. The van der Waals surface area contributed by atoms with Gasteiger partial charge in [-0.05, 0) is 143 Å². The molecule has 6 aromatic heterocycles. The van der Waals surface area contributed by atoms with Gasteiger partial charge in [0.2, 0.25) is 0 Å². The number of rotatable bonds is 8. The molecule has 0 bridgehead atoms. The molecule has 18 nitrogen and oxygen atoms in total. The summed E-state index contributed by atoms with van der Waals surface area (Å²) < 4.78 is 73.8. The third kappa shape index (κ3) is 10.8. The SMILES string of the molecule is CN(C)[C@@H]1c2cccnc2[C@H](OC(=O)N2CCC(n3c(=O)[nH]c4ncccc43)CC2)CC[C@H]1c1cccc(F)c1F.CN[C@@H]1c2cccnc2[C@H](OC(=O)N2CCC(n3c(=O)[nH]c4ncccc43)CC2)CC[C@H]1c1cccc(F)c1F. The fourth-order valence-electron chi connectivity index (χ4n) is 12.8. The molecule has 422 valence electrons. The van der Waals surface area contributed by atoms with Gasteiger partial charge in [0.15, 0.2) is 34.6 Å². The van der Waals surface area contributed by atoms with Gasteiger partial charge in [0.25, 0.3) is 0 Å². The molecule has 6 atom stereocenters. The van der Waals surface area contributed by atoms with Crippen LogP contribution in [-0.4, -0.2) is 113 Å². The lowest BCUT2D eigenvalue weighted by Crippen LogP contribution is -2.41. The predicted octanol–water partition coefficient (Wildman–Crippen LogP) is 9.84. The lowest BCUT2D eigenvalue weighted by molar-refractivity contribution is 0.0465. The van der Waals surface area contributed by atoms with Crippen LogP contribution in [0.5, 0.6) is 0 Å². The number of likely N-dealkylation sites (tertiary alicyclic amines) is 2. The molecular formula is C59H62F4N12O6. The van der Waals surface area contributed by atoms with Crippen molar-refractivity contribution in [1.29, 1.82) is 0 Å². The number of ether oxygens (including phenoxy) is 2. The molecule has 2 saturated heterocycles. The predicted molar refractivity (Wildman–Crippen MR) is 292 cm³/mol. The van der Waals surface area contributed by atoms with Gasteiger partial charge < -0.3 is 29.5 Å². The average molecular weight is 1110 g/mol. The number of fused-ring (bicyclic) bond motifs is 4. The number of imidazole rings is 2. The van der Waals surface area contributed by atoms with Gasteiger partial charge in [-0.3, -0.25) is 29.1 Å². The first-order valence-corrected chi connectivity index (χ1v) is 27.4. The van der Waals surface area contributed by atoms with E-state index in [2.05, 4.69) is 35.2 Å². The van der Waals surface area contributed by atoms with Crippen LogP contribution in [0.3, 0.4) is 0 Å². The highest BCUT2D eigenvalue weighted by Gasteiger charge is 2.40. The maximum atomic E-state index is 15.0. The van der Waals surface area contributed by atoms with Crippen LogP contribution < -0.4 is 16.7 Å². The Kier molecular flexibility index (Phi) is 15.8. The lowest BCUT2D eigenvalue weighted by Gasteiger charge is -2.33. The van der Waals surface area contributed by atoms with Crippen molar-refractivity contribution in [2.75, 3.05) is 47.3 Å². The van der Waals surface area contributed by atoms with E-state index in [0.29, 0.717) is 106 Å². The maximum Gasteiger partial charge on any atom is 0.410 e. The van der Waals surface area contributed by atoms with E-state index in [1.807, 2.05) is 49.3 Å². The number of H-pyrrole nitrogens is 2.